The van der Waals surface area contributed by atoms with Crippen molar-refractivity contribution in [1.82, 2.24) is 0 Å². The summed E-state index contributed by atoms with van der Waals surface area (Å²) in [5.41, 5.74) is 0. The minimum Gasteiger partial charge on any atom is -0.481 e. The van der Waals surface area contributed by atoms with Crippen LogP contribution < -0.4 is 0 Å². The van der Waals surface area contributed by atoms with Gasteiger partial charge in [0, 0.05) is 0 Å². The van der Waals surface area contributed by atoms with E-state index in [0.717, 1.165) is 19.3 Å². The van der Waals surface area contributed by atoms with Gasteiger partial charge in [-0.2, -0.15) is 0 Å². The second-order valence-corrected chi connectivity index (χ2v) is 7.24. The first-order valence-corrected chi connectivity index (χ1v) is 8.53. The lowest BCUT2D eigenvalue weighted by Gasteiger charge is -2.28. The summed E-state index contributed by atoms with van der Waals surface area (Å²) >= 11 is 0. The predicted molar refractivity (Wildman–Crippen MR) is 89.0 cm³/mol. The van der Waals surface area contributed by atoms with Gasteiger partial charge in [0.2, 0.25) is 0 Å². The van der Waals surface area contributed by atoms with E-state index in [2.05, 4.69) is 6.92 Å². The molecule has 0 aliphatic rings. The van der Waals surface area contributed by atoms with E-state index in [0.29, 0.717) is 17.4 Å². The van der Waals surface area contributed by atoms with Gasteiger partial charge in [-0.05, 0) is 6.42 Å². The van der Waals surface area contributed by atoms with Crippen molar-refractivity contribution >= 4 is 11.9 Å². The number of rotatable bonds is 13. The lowest BCUT2D eigenvalue weighted by molar-refractivity contribution is -0.873. The van der Waals surface area contributed by atoms with Gasteiger partial charge in [0.05, 0.1) is 40.1 Å². The van der Waals surface area contributed by atoms with Gasteiger partial charge in [-0.25, -0.2) is 0 Å². The van der Waals surface area contributed by atoms with Crippen LogP contribution in [0.5, 0.6) is 0 Å². The fourth-order valence-electron chi connectivity index (χ4n) is 2.46. The number of aliphatic hydroxyl groups excluding tert-OH is 1. The second kappa shape index (κ2) is 11.4. The van der Waals surface area contributed by atoms with Gasteiger partial charge in [0.1, 0.15) is 6.54 Å². The van der Waals surface area contributed by atoms with Gasteiger partial charge in [-0.3, -0.25) is 9.59 Å². The molecular formula is C17H34NO5+. The molecule has 0 unspecified atom stereocenters. The van der Waals surface area contributed by atoms with Crippen molar-refractivity contribution in [3.05, 3.63) is 0 Å². The fourth-order valence-corrected chi connectivity index (χ4v) is 2.46. The number of carbonyl (C=O) groups excluding carboxylic acids is 1. The van der Waals surface area contributed by atoms with Gasteiger partial charge in [-0.15, -0.1) is 0 Å². The minimum atomic E-state index is -0.993. The SMILES string of the molecule is CCCCCCC[C@@H](O)CC(=O)O[C@H](CC(=O)O)C[N+](C)(C)C. The summed E-state index contributed by atoms with van der Waals surface area (Å²) in [6.07, 6.45) is 4.39. The summed E-state index contributed by atoms with van der Waals surface area (Å²) in [6.45, 7) is 2.57. The molecule has 136 valence electrons. The van der Waals surface area contributed by atoms with Crippen LogP contribution in [-0.2, 0) is 14.3 Å². The van der Waals surface area contributed by atoms with E-state index in [1.165, 1.54) is 12.8 Å². The summed E-state index contributed by atoms with van der Waals surface area (Å²) in [4.78, 5) is 22.8. The van der Waals surface area contributed by atoms with Gasteiger partial charge in [-0.1, -0.05) is 39.0 Å². The summed E-state index contributed by atoms with van der Waals surface area (Å²) in [5, 5.41) is 18.8. The number of carbonyl (C=O) groups is 2. The van der Waals surface area contributed by atoms with Crippen LogP contribution >= 0.6 is 0 Å². The van der Waals surface area contributed by atoms with Crippen molar-refractivity contribution in [2.24, 2.45) is 0 Å². The number of aliphatic hydroxyl groups is 1. The molecule has 2 atom stereocenters. The predicted octanol–water partition coefficient (Wildman–Crippen LogP) is 2.19. The summed E-state index contributed by atoms with van der Waals surface area (Å²) in [7, 11) is 5.73. The molecule has 0 aliphatic heterocycles. The Balaban J connectivity index is 4.16. The molecular weight excluding hydrogens is 298 g/mol. The number of hydrogen-bond acceptors (Lipinski definition) is 4. The highest BCUT2D eigenvalue weighted by Gasteiger charge is 2.25. The van der Waals surface area contributed by atoms with Crippen molar-refractivity contribution in [3.8, 4) is 0 Å². The third kappa shape index (κ3) is 14.2. The molecule has 0 spiro atoms. The molecule has 23 heavy (non-hydrogen) atoms. The molecule has 0 aromatic carbocycles. The van der Waals surface area contributed by atoms with E-state index in [-0.39, 0.29) is 12.8 Å². The molecule has 6 nitrogen and oxygen atoms in total. The number of nitrogens with zero attached hydrogens (tertiary/aromatic N) is 1. The van der Waals surface area contributed by atoms with Crippen LogP contribution in [0.25, 0.3) is 0 Å². The number of unbranched alkanes of at least 4 members (excludes halogenated alkanes) is 4. The summed E-state index contributed by atoms with van der Waals surface area (Å²) in [5.74, 6) is -1.52. The van der Waals surface area contributed by atoms with E-state index in [9.17, 15) is 14.7 Å². The summed E-state index contributed by atoms with van der Waals surface area (Å²) < 4.78 is 5.76. The van der Waals surface area contributed by atoms with Gasteiger partial charge in [0.25, 0.3) is 0 Å². The van der Waals surface area contributed by atoms with Crippen LogP contribution in [0, 0.1) is 0 Å². The van der Waals surface area contributed by atoms with E-state index in [4.69, 9.17) is 9.84 Å². The number of likely N-dealkylation sites (N-methyl/N-ethyl adjacent to an activating group) is 1. The molecule has 0 rings (SSSR count). The maximum Gasteiger partial charge on any atom is 0.308 e. The Morgan fingerprint density at radius 3 is 2.17 bits per heavy atom. The fraction of sp³-hybridized carbons (Fsp3) is 0.882. The average Bonchev–Trinajstić information content (AvgIpc) is 2.35. The number of carboxylic acid groups (broad SMARTS) is 1. The molecule has 0 radical (unpaired) electrons. The molecule has 0 aromatic rings. The molecule has 0 heterocycles. The number of hydrogen-bond donors (Lipinski definition) is 2. The van der Waals surface area contributed by atoms with Crippen LogP contribution in [0.2, 0.25) is 0 Å². The van der Waals surface area contributed by atoms with Crippen molar-refractivity contribution in [2.75, 3.05) is 27.7 Å². The van der Waals surface area contributed by atoms with Gasteiger partial charge in [0.15, 0.2) is 6.10 Å². The molecule has 0 amide bonds. The van der Waals surface area contributed by atoms with Crippen LogP contribution in [0.1, 0.15) is 58.3 Å². The van der Waals surface area contributed by atoms with Crippen molar-refractivity contribution in [1.29, 1.82) is 0 Å². The molecule has 0 fully saturated rings. The lowest BCUT2D eigenvalue weighted by atomic mass is 10.1. The molecule has 0 aromatic heterocycles. The summed E-state index contributed by atoms with van der Waals surface area (Å²) in [6, 6.07) is 0. The molecule has 0 bridgehead atoms. The lowest BCUT2D eigenvalue weighted by Crippen LogP contribution is -2.44. The Morgan fingerprint density at radius 2 is 1.65 bits per heavy atom. The highest BCUT2D eigenvalue weighted by Crippen LogP contribution is 2.12. The monoisotopic (exact) mass is 332 g/mol. The topological polar surface area (TPSA) is 83.8 Å². The highest BCUT2D eigenvalue weighted by atomic mass is 16.5. The zero-order valence-electron chi connectivity index (χ0n) is 15.1. The van der Waals surface area contributed by atoms with Gasteiger partial charge >= 0.3 is 11.9 Å². The Bertz CT molecular complexity index is 351. The van der Waals surface area contributed by atoms with Crippen molar-refractivity contribution in [3.63, 3.8) is 0 Å². The smallest absolute Gasteiger partial charge is 0.308 e. The Kier molecular flexibility index (Phi) is 10.8. The maximum atomic E-state index is 11.9. The first-order valence-electron chi connectivity index (χ1n) is 8.53. The van der Waals surface area contributed by atoms with Crippen molar-refractivity contribution < 1.29 is 29.0 Å². The van der Waals surface area contributed by atoms with E-state index in [1.807, 2.05) is 21.1 Å². The molecule has 0 aliphatic carbocycles. The van der Waals surface area contributed by atoms with Crippen LogP contribution in [-0.4, -0.2) is 66.5 Å². The first-order chi connectivity index (χ1) is 10.6. The largest absolute Gasteiger partial charge is 0.481 e. The molecule has 6 heteroatoms. The first kappa shape index (κ1) is 21.9. The Morgan fingerprint density at radius 1 is 1.04 bits per heavy atom. The third-order valence-electron chi connectivity index (χ3n) is 3.49. The van der Waals surface area contributed by atoms with Gasteiger partial charge < -0.3 is 19.4 Å². The number of quaternary nitrogens is 1. The van der Waals surface area contributed by atoms with Crippen LogP contribution in [0.3, 0.4) is 0 Å². The quantitative estimate of drug-likeness (QED) is 0.307. The minimum absolute atomic E-state index is 0.0684. The third-order valence-corrected chi connectivity index (χ3v) is 3.49. The Labute approximate surface area is 140 Å². The number of esters is 1. The average molecular weight is 332 g/mol. The van der Waals surface area contributed by atoms with E-state index in [1.54, 1.807) is 0 Å². The normalized spacial score (nSPS) is 14.3. The molecule has 0 saturated carbocycles. The van der Waals surface area contributed by atoms with E-state index < -0.39 is 24.1 Å². The molecule has 2 N–H and O–H groups in total. The molecule has 0 saturated heterocycles. The number of aliphatic carboxylic acids is 1. The Hall–Kier alpha value is -1.14. The zero-order valence-corrected chi connectivity index (χ0v) is 15.1. The second-order valence-electron chi connectivity index (χ2n) is 7.24. The van der Waals surface area contributed by atoms with Crippen molar-refractivity contribution in [2.45, 2.75) is 70.5 Å². The number of ether oxygens (including phenoxy) is 1. The van der Waals surface area contributed by atoms with E-state index >= 15 is 0 Å². The number of carboxylic acids is 1. The van der Waals surface area contributed by atoms with Crippen LogP contribution in [0.15, 0.2) is 0 Å². The van der Waals surface area contributed by atoms with Crippen LogP contribution in [0.4, 0.5) is 0 Å². The standard InChI is InChI=1S/C17H33NO5/c1-5-6-7-8-9-10-14(19)11-17(22)23-15(12-16(20)21)13-18(2,3)4/h14-15,19H,5-13H2,1-4H3/p+1/t14-,15-/m1/s1. The highest BCUT2D eigenvalue weighted by molar-refractivity contribution is 5.71. The maximum absolute atomic E-state index is 11.9. The zero-order chi connectivity index (χ0) is 17.9.